The number of aryl methyl sites for hydroxylation is 1. The minimum Gasteiger partial charge on any atom is -0.497 e. The van der Waals surface area contributed by atoms with Crippen molar-refractivity contribution in [3.8, 4) is 5.75 Å². The number of rotatable bonds is 5. The summed E-state index contributed by atoms with van der Waals surface area (Å²) in [5.41, 5.74) is 7.81. The van der Waals surface area contributed by atoms with Crippen molar-refractivity contribution >= 4 is 22.7 Å². The summed E-state index contributed by atoms with van der Waals surface area (Å²) in [5, 5.41) is 3.47. The molecule has 1 unspecified atom stereocenters. The lowest BCUT2D eigenvalue weighted by atomic mass is 10.0. The molecule has 1 atom stereocenters. The number of primary amides is 1. The van der Waals surface area contributed by atoms with Crippen LogP contribution in [0.3, 0.4) is 0 Å². The van der Waals surface area contributed by atoms with Gasteiger partial charge in [0.25, 0.3) is 5.91 Å². The fraction of sp³-hybridized carbons (Fsp3) is 0.150. The first-order valence-electron chi connectivity index (χ1n) is 8.10. The Balaban J connectivity index is 1.95. The maximum atomic E-state index is 12.8. The van der Waals surface area contributed by atoms with Gasteiger partial charge in [0, 0.05) is 5.39 Å². The van der Waals surface area contributed by atoms with E-state index in [2.05, 4.69) is 10.3 Å². The maximum absolute atomic E-state index is 12.8. The predicted molar refractivity (Wildman–Crippen MR) is 98.9 cm³/mol. The van der Waals surface area contributed by atoms with Gasteiger partial charge in [-0.25, -0.2) is 0 Å². The third kappa shape index (κ3) is 3.49. The fourth-order valence-corrected chi connectivity index (χ4v) is 2.78. The van der Waals surface area contributed by atoms with E-state index < -0.39 is 17.9 Å². The summed E-state index contributed by atoms with van der Waals surface area (Å²) < 4.78 is 5.22. The minimum atomic E-state index is -0.913. The van der Waals surface area contributed by atoms with Crippen LogP contribution in [0, 0.1) is 6.92 Å². The van der Waals surface area contributed by atoms with Gasteiger partial charge in [-0.05, 0) is 36.8 Å². The van der Waals surface area contributed by atoms with E-state index in [4.69, 9.17) is 10.5 Å². The Hall–Kier alpha value is -3.41. The molecule has 6 heteroatoms. The van der Waals surface area contributed by atoms with Gasteiger partial charge in [0.15, 0.2) is 0 Å². The molecule has 0 aliphatic heterocycles. The lowest BCUT2D eigenvalue weighted by Gasteiger charge is -2.17. The number of nitrogens with zero attached hydrogens (tertiary/aromatic N) is 1. The van der Waals surface area contributed by atoms with Gasteiger partial charge in [-0.2, -0.15) is 0 Å². The Labute approximate surface area is 151 Å². The summed E-state index contributed by atoms with van der Waals surface area (Å²) in [5.74, 6) is -0.362. The van der Waals surface area contributed by atoms with Crippen molar-refractivity contribution in [1.29, 1.82) is 0 Å². The normalized spacial score (nSPS) is 11.8. The molecule has 3 aromatic rings. The molecule has 1 heterocycles. The highest BCUT2D eigenvalue weighted by atomic mass is 16.5. The topological polar surface area (TPSA) is 94.3 Å². The number of methoxy groups -OCH3 is 1. The third-order valence-electron chi connectivity index (χ3n) is 4.15. The number of carbonyl (C=O) groups is 2. The highest BCUT2D eigenvalue weighted by Crippen LogP contribution is 2.22. The number of nitrogens with one attached hydrogen (secondary N) is 1. The lowest BCUT2D eigenvalue weighted by molar-refractivity contribution is -0.120. The van der Waals surface area contributed by atoms with E-state index in [1.165, 1.54) is 0 Å². The van der Waals surface area contributed by atoms with E-state index in [1.54, 1.807) is 50.4 Å². The van der Waals surface area contributed by atoms with Crippen LogP contribution in [0.1, 0.15) is 27.7 Å². The lowest BCUT2D eigenvalue weighted by Crippen LogP contribution is -2.37. The molecule has 2 aromatic carbocycles. The number of aromatic nitrogens is 1. The summed E-state index contributed by atoms with van der Waals surface area (Å²) in [4.78, 5) is 29.0. The van der Waals surface area contributed by atoms with E-state index in [1.807, 2.05) is 18.2 Å². The largest absolute Gasteiger partial charge is 0.497 e. The van der Waals surface area contributed by atoms with E-state index in [0.717, 1.165) is 10.9 Å². The molecule has 0 bridgehead atoms. The first kappa shape index (κ1) is 17.4. The van der Waals surface area contributed by atoms with Gasteiger partial charge in [0.2, 0.25) is 5.91 Å². The van der Waals surface area contributed by atoms with Crippen LogP contribution in [-0.2, 0) is 4.79 Å². The molecule has 0 saturated carbocycles. The van der Waals surface area contributed by atoms with Crippen molar-refractivity contribution in [2.45, 2.75) is 13.0 Å². The molecule has 0 fully saturated rings. The van der Waals surface area contributed by atoms with Crippen LogP contribution >= 0.6 is 0 Å². The van der Waals surface area contributed by atoms with E-state index >= 15 is 0 Å². The molecule has 0 saturated heterocycles. The van der Waals surface area contributed by atoms with Gasteiger partial charge in [-0.15, -0.1) is 0 Å². The maximum Gasteiger partial charge on any atom is 0.254 e. The molecule has 132 valence electrons. The van der Waals surface area contributed by atoms with E-state index in [0.29, 0.717) is 22.6 Å². The van der Waals surface area contributed by atoms with Crippen LogP contribution in [0.15, 0.2) is 54.6 Å². The first-order valence-corrected chi connectivity index (χ1v) is 8.10. The average Bonchev–Trinajstić information content (AvgIpc) is 2.65. The zero-order valence-corrected chi connectivity index (χ0v) is 14.5. The van der Waals surface area contributed by atoms with Crippen LogP contribution in [0.2, 0.25) is 0 Å². The van der Waals surface area contributed by atoms with Gasteiger partial charge in [-0.1, -0.05) is 30.3 Å². The summed E-state index contributed by atoms with van der Waals surface area (Å²) in [6, 6.07) is 15.2. The van der Waals surface area contributed by atoms with Gasteiger partial charge >= 0.3 is 0 Å². The van der Waals surface area contributed by atoms with E-state index in [-0.39, 0.29) is 0 Å². The minimum absolute atomic E-state index is 0.382. The first-order chi connectivity index (χ1) is 12.5. The molecule has 3 N–H and O–H groups in total. The molecule has 3 rings (SSSR count). The second kappa shape index (κ2) is 7.23. The monoisotopic (exact) mass is 349 g/mol. The molecular weight excluding hydrogens is 330 g/mol. The Bertz CT molecular complexity index is 971. The zero-order valence-electron chi connectivity index (χ0n) is 14.5. The van der Waals surface area contributed by atoms with Crippen molar-refractivity contribution in [2.24, 2.45) is 5.73 Å². The van der Waals surface area contributed by atoms with Crippen molar-refractivity contribution in [2.75, 3.05) is 7.11 Å². The Morgan fingerprint density at radius 2 is 1.85 bits per heavy atom. The van der Waals surface area contributed by atoms with Crippen molar-refractivity contribution in [3.05, 3.63) is 71.4 Å². The number of ether oxygens (including phenoxy) is 1. The highest BCUT2D eigenvalue weighted by molar-refractivity contribution is 6.01. The Kier molecular flexibility index (Phi) is 4.84. The molecule has 6 nitrogen and oxygen atoms in total. The van der Waals surface area contributed by atoms with Crippen molar-refractivity contribution < 1.29 is 14.3 Å². The number of amides is 2. The van der Waals surface area contributed by atoms with Gasteiger partial charge in [-0.3, -0.25) is 14.6 Å². The molecule has 0 radical (unpaired) electrons. The molecule has 0 aliphatic rings. The van der Waals surface area contributed by atoms with Crippen LogP contribution < -0.4 is 15.8 Å². The highest BCUT2D eigenvalue weighted by Gasteiger charge is 2.22. The quantitative estimate of drug-likeness (QED) is 0.740. The number of nitrogens with two attached hydrogens (primary N) is 1. The van der Waals surface area contributed by atoms with Crippen molar-refractivity contribution in [1.82, 2.24) is 10.3 Å². The van der Waals surface area contributed by atoms with Crippen LogP contribution in [0.5, 0.6) is 5.75 Å². The smallest absolute Gasteiger partial charge is 0.254 e. The number of carbonyl (C=O) groups excluding carboxylic acids is 2. The summed E-state index contributed by atoms with van der Waals surface area (Å²) in [7, 11) is 1.58. The summed E-state index contributed by atoms with van der Waals surface area (Å²) in [6.07, 6.45) is 0. The van der Waals surface area contributed by atoms with Crippen LogP contribution in [-0.4, -0.2) is 23.9 Å². The standard InChI is InChI=1S/C20H19N3O3/c1-12-16(11-14-10-15(26-2)8-9-17(14)22-12)20(25)23-18(19(21)24)13-6-4-3-5-7-13/h3-11,18H,1-2H3,(H2,21,24)(H,23,25). The summed E-state index contributed by atoms with van der Waals surface area (Å²) in [6.45, 7) is 1.75. The molecule has 0 aliphatic carbocycles. The SMILES string of the molecule is COc1ccc2nc(C)c(C(=O)NC(C(N)=O)c3ccccc3)cc2c1. The van der Waals surface area contributed by atoms with Crippen LogP contribution in [0.25, 0.3) is 10.9 Å². The van der Waals surface area contributed by atoms with Gasteiger partial charge in [0.05, 0.1) is 23.9 Å². The molecule has 0 spiro atoms. The Morgan fingerprint density at radius 1 is 1.12 bits per heavy atom. The number of hydrogen-bond donors (Lipinski definition) is 2. The number of benzene rings is 2. The zero-order chi connectivity index (χ0) is 18.7. The van der Waals surface area contributed by atoms with E-state index in [9.17, 15) is 9.59 Å². The molecule has 1 aromatic heterocycles. The predicted octanol–water partition coefficient (Wildman–Crippen LogP) is 2.51. The number of fused-ring (bicyclic) bond motifs is 1. The third-order valence-corrected chi connectivity index (χ3v) is 4.15. The fourth-order valence-electron chi connectivity index (χ4n) is 2.78. The Morgan fingerprint density at radius 3 is 2.50 bits per heavy atom. The second-order valence-corrected chi connectivity index (χ2v) is 5.90. The van der Waals surface area contributed by atoms with Crippen molar-refractivity contribution in [3.63, 3.8) is 0 Å². The molecular formula is C20H19N3O3. The molecule has 26 heavy (non-hydrogen) atoms. The van der Waals surface area contributed by atoms with Crippen LogP contribution in [0.4, 0.5) is 0 Å². The number of pyridine rings is 1. The number of hydrogen-bond acceptors (Lipinski definition) is 4. The summed E-state index contributed by atoms with van der Waals surface area (Å²) >= 11 is 0. The van der Waals surface area contributed by atoms with Gasteiger partial charge < -0.3 is 15.8 Å². The average molecular weight is 349 g/mol. The second-order valence-electron chi connectivity index (χ2n) is 5.90. The molecule has 2 amide bonds. The van der Waals surface area contributed by atoms with Gasteiger partial charge in [0.1, 0.15) is 11.8 Å².